The summed E-state index contributed by atoms with van der Waals surface area (Å²) in [5.41, 5.74) is -3.43. The van der Waals surface area contributed by atoms with E-state index >= 15 is 0 Å². The van der Waals surface area contributed by atoms with Crippen LogP contribution in [0.25, 0.3) is 0 Å². The van der Waals surface area contributed by atoms with Gasteiger partial charge in [0.25, 0.3) is 0 Å². The molecule has 1 aromatic rings. The van der Waals surface area contributed by atoms with E-state index in [0.717, 1.165) is 12.8 Å². The van der Waals surface area contributed by atoms with Gasteiger partial charge in [-0.15, -0.1) is 0 Å². The SMILES string of the molecule is [B]C([B])([B])C1([B])C([B])([B])OB=C(CC(F)(F)F)N2C([B])([B])C([B])([B])N(c3nc(C4CC4)c4c(c3C#N)CC(C)(C)OC4)C([B])([B])[C@]21[B]. The number of nitrogens with zero attached hydrogens (tertiary/aromatic N) is 4. The summed E-state index contributed by atoms with van der Waals surface area (Å²) in [5, 5.41) is -7.27. The van der Waals surface area contributed by atoms with Gasteiger partial charge in [0.15, 0.2) is 0 Å². The quantitative estimate of drug-likeness (QED) is 0.350. The van der Waals surface area contributed by atoms with E-state index in [4.69, 9.17) is 116 Å². The van der Waals surface area contributed by atoms with E-state index in [2.05, 4.69) is 6.07 Å². The van der Waals surface area contributed by atoms with Gasteiger partial charge in [0.2, 0.25) is 0 Å². The number of halogens is 3. The van der Waals surface area contributed by atoms with Crippen LogP contribution in [0.1, 0.15) is 61.4 Å². The monoisotopic (exact) mass is 604 g/mol. The Labute approximate surface area is 291 Å². The molecule has 0 N–H and O–H groups in total. The van der Waals surface area contributed by atoms with Crippen LogP contribution in [0.2, 0.25) is 10.4 Å². The molecule has 23 heteroatoms. The number of ether oxygens (including phenoxy) is 1. The fraction of sp³-hybridized carbons (Fsp3) is 0.708. The second-order valence-corrected chi connectivity index (χ2v) is 13.7. The van der Waals surface area contributed by atoms with Gasteiger partial charge in [-0.05, 0) is 0 Å². The topological polar surface area (TPSA) is 61.6 Å². The van der Waals surface area contributed by atoms with Gasteiger partial charge in [0.1, 0.15) is 0 Å². The number of pyridine rings is 1. The third-order valence-corrected chi connectivity index (χ3v) is 9.60. The van der Waals surface area contributed by atoms with Crippen molar-refractivity contribution in [3.63, 3.8) is 0 Å². The fourth-order valence-corrected chi connectivity index (χ4v) is 6.97. The summed E-state index contributed by atoms with van der Waals surface area (Å²) >= 11 is 0. The molecule has 0 bridgehead atoms. The average molecular weight is 602 g/mol. The molecule has 1 saturated heterocycles. The van der Waals surface area contributed by atoms with Gasteiger partial charge in [-0.3, -0.25) is 0 Å². The van der Waals surface area contributed by atoms with Gasteiger partial charge in [0.05, 0.1) is 0 Å². The molecule has 5 rings (SSSR count). The maximum atomic E-state index is 14.1. The first-order valence-electron chi connectivity index (χ1n) is 14.4. The van der Waals surface area contributed by atoms with Gasteiger partial charge < -0.3 is 0 Å². The third-order valence-electron chi connectivity index (χ3n) is 9.60. The van der Waals surface area contributed by atoms with Crippen molar-refractivity contribution in [3.05, 3.63) is 22.4 Å². The first-order valence-corrected chi connectivity index (χ1v) is 14.4. The van der Waals surface area contributed by atoms with Crippen LogP contribution in [0, 0.1) is 11.3 Å². The average Bonchev–Trinajstić information content (AvgIpc) is 3.73. The van der Waals surface area contributed by atoms with Crippen molar-refractivity contribution in [2.75, 3.05) is 4.90 Å². The van der Waals surface area contributed by atoms with Crippen LogP contribution < -0.4 is 4.90 Å². The van der Waals surface area contributed by atoms with Crippen LogP contribution in [0.5, 0.6) is 0 Å². The Bertz CT molecular complexity index is 1570. The van der Waals surface area contributed by atoms with Crippen molar-refractivity contribution in [3.8, 4) is 6.07 Å². The molecule has 208 valence electrons. The summed E-state index contributed by atoms with van der Waals surface area (Å²) in [6.45, 7) is 3.74. The van der Waals surface area contributed by atoms with Crippen LogP contribution in [-0.2, 0) is 22.4 Å². The molecule has 1 saturated carbocycles. The number of fused-ring (bicyclic) bond motifs is 2. The molecular formula is C24H17B14F3N4O2. The first-order chi connectivity index (χ1) is 21.0. The fourth-order valence-electron chi connectivity index (χ4n) is 6.97. The minimum absolute atomic E-state index is 0.0738. The minimum atomic E-state index is -5.00. The molecule has 0 amide bonds. The Morgan fingerprint density at radius 2 is 1.47 bits per heavy atom. The van der Waals surface area contributed by atoms with E-state index in [1.54, 1.807) is 0 Å². The molecule has 1 aliphatic carbocycles. The van der Waals surface area contributed by atoms with E-state index in [1.165, 1.54) is 0 Å². The zero-order chi connectivity index (χ0) is 35.8. The number of alkyl halides is 3. The molecule has 6 nitrogen and oxygen atoms in total. The molecule has 1 aromatic heterocycles. The second-order valence-electron chi connectivity index (χ2n) is 13.7. The first kappa shape index (κ1) is 36.8. The Morgan fingerprint density at radius 3 is 1.96 bits per heavy atom. The van der Waals surface area contributed by atoms with Gasteiger partial charge in [-0.25, -0.2) is 0 Å². The number of piperazine rings is 1. The van der Waals surface area contributed by atoms with E-state index in [-0.39, 0.29) is 30.3 Å². The summed E-state index contributed by atoms with van der Waals surface area (Å²) in [7, 11) is 85.6. The summed E-state index contributed by atoms with van der Waals surface area (Å²) in [6, 6.07) is 2.09. The third kappa shape index (κ3) is 5.04. The molecule has 2 fully saturated rings. The van der Waals surface area contributed by atoms with Crippen molar-refractivity contribution < 1.29 is 22.6 Å². The van der Waals surface area contributed by atoms with Crippen molar-refractivity contribution >= 4 is 121 Å². The molecular weight excluding hydrogens is 585 g/mol. The zero-order valence-electron chi connectivity index (χ0n) is 25.9. The number of hydrogen-bond donors (Lipinski definition) is 0. The summed E-state index contributed by atoms with van der Waals surface area (Å²) in [6.07, 6.45) is -5.19. The zero-order valence-corrected chi connectivity index (χ0v) is 25.9. The van der Waals surface area contributed by atoms with E-state index < -0.39 is 61.1 Å². The molecule has 4 aliphatic rings. The van der Waals surface area contributed by atoms with Crippen molar-refractivity contribution in [1.82, 2.24) is 9.88 Å². The Hall–Kier alpha value is -1.43. The molecule has 2 atom stereocenters. The summed E-state index contributed by atoms with van der Waals surface area (Å²) in [5.74, 6) is -0.453. The van der Waals surface area contributed by atoms with Gasteiger partial charge >= 0.3 is 293 Å². The van der Waals surface area contributed by atoms with Crippen LogP contribution in [-0.4, -0.2) is 163 Å². The van der Waals surface area contributed by atoms with Crippen LogP contribution in [0.3, 0.4) is 0 Å². The normalized spacial score (nSPS) is 30.3. The molecule has 1 unspecified atom stereocenters. The van der Waals surface area contributed by atoms with Gasteiger partial charge in [-0.2, -0.15) is 0 Å². The van der Waals surface area contributed by atoms with E-state index in [9.17, 15) is 18.4 Å². The molecule has 4 heterocycles. The van der Waals surface area contributed by atoms with Crippen LogP contribution >= 0.6 is 0 Å². The molecule has 26 radical (unpaired) electrons. The predicted octanol–water partition coefficient (Wildman–Crippen LogP) is -2.73. The second kappa shape index (κ2) is 10.5. The van der Waals surface area contributed by atoms with Gasteiger partial charge in [-0.1, -0.05) is 0 Å². The van der Waals surface area contributed by atoms with Crippen molar-refractivity contribution in [2.45, 2.75) is 101 Å². The van der Waals surface area contributed by atoms with E-state index in [0.29, 0.717) is 33.7 Å². The van der Waals surface area contributed by atoms with Crippen molar-refractivity contribution in [1.29, 1.82) is 5.26 Å². The van der Waals surface area contributed by atoms with Gasteiger partial charge in [0, 0.05) is 0 Å². The van der Waals surface area contributed by atoms with Crippen LogP contribution in [0.4, 0.5) is 19.0 Å². The Balaban J connectivity index is 1.93. The number of aromatic nitrogens is 1. The molecule has 47 heavy (non-hydrogen) atoms. The standard InChI is InChI=1S/C24H17B14F3N4O2/c1-16(2)5-10-11(7-42)15(43-14(9-3-4-9)12(10)8-46-16)45-21(30,31)19(26)18(25,20(27,28)29)24(36,37)47-38-13(6-17(39,40)41)44(19)22(32,33)23(45,34)35/h9H,3-6,8H2,1-2H3/t18?,19-/m1/s1. The van der Waals surface area contributed by atoms with Crippen molar-refractivity contribution in [2.24, 2.45) is 0 Å². The Kier molecular flexibility index (Phi) is 8.27. The number of anilines is 1. The summed E-state index contributed by atoms with van der Waals surface area (Å²) in [4.78, 5) is 5.83. The number of nitriles is 1. The number of hydrogen-bond acceptors (Lipinski definition) is 6. The molecule has 0 aromatic carbocycles. The molecule has 3 aliphatic heterocycles. The van der Waals surface area contributed by atoms with Crippen LogP contribution in [0.15, 0.2) is 0 Å². The Morgan fingerprint density at radius 1 is 0.915 bits per heavy atom. The predicted molar refractivity (Wildman–Crippen MR) is 184 cm³/mol. The summed E-state index contributed by atoms with van der Waals surface area (Å²) < 4.78 is 53.7. The number of rotatable bonds is 4. The van der Waals surface area contributed by atoms with E-state index in [1.807, 2.05) is 13.8 Å². The maximum absolute atomic E-state index is 14.1. The molecule has 0 spiro atoms.